The van der Waals surface area contributed by atoms with Crippen molar-refractivity contribution in [1.29, 1.82) is 0 Å². The predicted octanol–water partition coefficient (Wildman–Crippen LogP) is 2.65. The van der Waals surface area contributed by atoms with Crippen LogP contribution in [-0.4, -0.2) is 18.4 Å². The first-order chi connectivity index (χ1) is 5.54. The van der Waals surface area contributed by atoms with Crippen LogP contribution in [0.15, 0.2) is 13.2 Å². The van der Waals surface area contributed by atoms with Crippen LogP contribution in [0, 0.1) is 5.92 Å². The Morgan fingerprint density at radius 1 is 1.23 bits per heavy atom. The number of ketones is 1. The Bertz CT molecular complexity index is 119. The quantitative estimate of drug-likeness (QED) is 0.686. The van der Waals surface area contributed by atoms with E-state index in [-0.39, 0.29) is 19.1 Å². The first-order valence-corrected chi connectivity index (χ1v) is 4.30. The maximum atomic E-state index is 11.0. The van der Waals surface area contributed by atoms with E-state index in [4.69, 9.17) is 0 Å². The lowest BCUT2D eigenvalue weighted by molar-refractivity contribution is -0.121. The molecule has 0 bridgehead atoms. The predicted molar refractivity (Wildman–Crippen MR) is 61.0 cm³/mol. The van der Waals surface area contributed by atoms with Crippen LogP contribution in [0.3, 0.4) is 0 Å². The van der Waals surface area contributed by atoms with Gasteiger partial charge in [-0.1, -0.05) is 35.1 Å². The lowest BCUT2D eigenvalue weighted by atomic mass is 10.1. The second-order valence-electron chi connectivity index (χ2n) is 3.16. The van der Waals surface area contributed by atoms with Crippen molar-refractivity contribution in [2.75, 3.05) is 6.54 Å². The lowest BCUT2D eigenvalue weighted by Gasteiger charge is -2.08. The van der Waals surface area contributed by atoms with E-state index >= 15 is 0 Å². The van der Waals surface area contributed by atoms with Crippen LogP contribution < -0.4 is 5.32 Å². The van der Waals surface area contributed by atoms with Crippen molar-refractivity contribution in [3.63, 3.8) is 0 Å². The van der Waals surface area contributed by atoms with Crippen molar-refractivity contribution in [2.45, 2.75) is 41.2 Å². The molecule has 0 rings (SSSR count). The largest absolute Gasteiger partial charge is 0.308 e. The van der Waals surface area contributed by atoms with Crippen molar-refractivity contribution in [2.24, 2.45) is 5.92 Å². The summed E-state index contributed by atoms with van der Waals surface area (Å²) in [5.41, 5.74) is 0. The molecule has 0 radical (unpaired) electrons. The van der Waals surface area contributed by atoms with E-state index in [1.807, 2.05) is 27.7 Å². The summed E-state index contributed by atoms with van der Waals surface area (Å²) >= 11 is 0. The molecule has 2 nitrogen and oxygen atoms in total. The van der Waals surface area contributed by atoms with Crippen molar-refractivity contribution >= 4 is 5.78 Å². The van der Waals surface area contributed by atoms with Gasteiger partial charge in [-0.2, -0.15) is 0 Å². The zero-order valence-electron chi connectivity index (χ0n) is 8.68. The van der Waals surface area contributed by atoms with Crippen LogP contribution in [0.2, 0.25) is 0 Å². The second-order valence-corrected chi connectivity index (χ2v) is 3.16. The van der Waals surface area contributed by atoms with Gasteiger partial charge < -0.3 is 5.32 Å². The van der Waals surface area contributed by atoms with Gasteiger partial charge in [-0.05, 0) is 0 Å². The van der Waals surface area contributed by atoms with Gasteiger partial charge in [0.05, 0.1) is 6.54 Å². The summed E-state index contributed by atoms with van der Waals surface area (Å²) in [5.74, 6) is 0.444. The minimum atomic E-state index is 0. The first-order valence-electron chi connectivity index (χ1n) is 4.30. The second kappa shape index (κ2) is 11.4. The van der Waals surface area contributed by atoms with Crippen LogP contribution in [0.1, 0.15) is 35.1 Å². The number of hydrogen-bond acceptors (Lipinski definition) is 2. The highest BCUT2D eigenvalue weighted by Crippen LogP contribution is 1.92. The molecule has 2 heteroatoms. The molecule has 80 valence electrons. The SMILES string of the molecule is C.C=C.CC(C)NCC(=O)C(C)C. The van der Waals surface area contributed by atoms with Gasteiger partial charge in [-0.25, -0.2) is 0 Å². The summed E-state index contributed by atoms with van der Waals surface area (Å²) in [6, 6.07) is 0.405. The molecule has 0 spiro atoms. The number of hydrogen-bond donors (Lipinski definition) is 1. The summed E-state index contributed by atoms with van der Waals surface area (Å²) < 4.78 is 0. The molecule has 0 aliphatic carbocycles. The van der Waals surface area contributed by atoms with E-state index in [0.717, 1.165) is 0 Å². The highest BCUT2D eigenvalue weighted by atomic mass is 16.1. The number of carbonyl (C=O) groups excluding carboxylic acids is 1. The Hall–Kier alpha value is -0.630. The number of rotatable bonds is 4. The molecule has 0 heterocycles. The van der Waals surface area contributed by atoms with Crippen molar-refractivity contribution < 1.29 is 4.79 Å². The van der Waals surface area contributed by atoms with Crippen LogP contribution in [-0.2, 0) is 4.79 Å². The fourth-order valence-electron chi connectivity index (χ4n) is 0.509. The smallest absolute Gasteiger partial charge is 0.149 e. The Kier molecular flexibility index (Phi) is 15.9. The zero-order chi connectivity index (χ0) is 10.1. The molecule has 0 amide bonds. The molecule has 0 aromatic heterocycles. The van der Waals surface area contributed by atoms with Gasteiger partial charge in [0.1, 0.15) is 5.78 Å². The van der Waals surface area contributed by atoms with Crippen LogP contribution in [0.25, 0.3) is 0 Å². The third-order valence-corrected chi connectivity index (χ3v) is 1.33. The van der Waals surface area contributed by atoms with Gasteiger partial charge in [0.25, 0.3) is 0 Å². The number of nitrogens with one attached hydrogen (secondary N) is 1. The summed E-state index contributed by atoms with van der Waals surface area (Å²) in [6.07, 6.45) is 0. The molecule has 0 saturated carbocycles. The maximum absolute atomic E-state index is 11.0. The van der Waals surface area contributed by atoms with Crippen molar-refractivity contribution in [3.05, 3.63) is 13.2 Å². The summed E-state index contributed by atoms with van der Waals surface area (Å²) in [4.78, 5) is 11.0. The molecule has 0 unspecified atom stereocenters. The number of carbonyl (C=O) groups is 1. The van der Waals surface area contributed by atoms with Gasteiger partial charge >= 0.3 is 0 Å². The molecule has 1 N–H and O–H groups in total. The lowest BCUT2D eigenvalue weighted by Crippen LogP contribution is -2.31. The Balaban J connectivity index is -0.000000309. The van der Waals surface area contributed by atoms with E-state index < -0.39 is 0 Å². The molecule has 0 fully saturated rings. The van der Waals surface area contributed by atoms with E-state index in [1.54, 1.807) is 0 Å². The highest BCUT2D eigenvalue weighted by Gasteiger charge is 2.05. The molecule has 0 aliphatic heterocycles. The molecule has 0 aliphatic rings. The van der Waals surface area contributed by atoms with E-state index in [0.29, 0.717) is 12.6 Å². The Morgan fingerprint density at radius 2 is 1.62 bits per heavy atom. The topological polar surface area (TPSA) is 29.1 Å². The van der Waals surface area contributed by atoms with Gasteiger partial charge in [0.15, 0.2) is 0 Å². The van der Waals surface area contributed by atoms with E-state index in [9.17, 15) is 4.79 Å². The van der Waals surface area contributed by atoms with Gasteiger partial charge in [-0.15, -0.1) is 13.2 Å². The minimum absolute atomic E-state index is 0. The van der Waals surface area contributed by atoms with Crippen molar-refractivity contribution in [1.82, 2.24) is 5.32 Å². The monoisotopic (exact) mass is 187 g/mol. The molecular weight excluding hydrogens is 162 g/mol. The van der Waals surface area contributed by atoms with Gasteiger partial charge in [0, 0.05) is 12.0 Å². The molecule has 0 aromatic carbocycles. The maximum Gasteiger partial charge on any atom is 0.149 e. The van der Waals surface area contributed by atoms with Crippen LogP contribution >= 0.6 is 0 Å². The fraction of sp³-hybridized carbons (Fsp3) is 0.727. The van der Waals surface area contributed by atoms with E-state index in [1.165, 1.54) is 0 Å². The van der Waals surface area contributed by atoms with E-state index in [2.05, 4.69) is 18.5 Å². The van der Waals surface area contributed by atoms with Gasteiger partial charge in [-0.3, -0.25) is 4.79 Å². The molecular formula is C11H25NO. The fourth-order valence-corrected chi connectivity index (χ4v) is 0.509. The Morgan fingerprint density at radius 3 is 1.85 bits per heavy atom. The highest BCUT2D eigenvalue weighted by molar-refractivity contribution is 5.82. The standard InChI is InChI=1S/C8H17NO.C2H4.CH4/c1-6(2)8(10)5-9-7(3)4;1-2;/h6-7,9H,5H2,1-4H3;1-2H2;1H4. The van der Waals surface area contributed by atoms with Crippen LogP contribution in [0.5, 0.6) is 0 Å². The summed E-state index contributed by atoms with van der Waals surface area (Å²) in [7, 11) is 0. The molecule has 13 heavy (non-hydrogen) atoms. The molecule has 0 atom stereocenters. The van der Waals surface area contributed by atoms with Crippen LogP contribution in [0.4, 0.5) is 0 Å². The Labute approximate surface area is 83.4 Å². The molecule has 0 saturated heterocycles. The average Bonchev–Trinajstić information content (AvgIpc) is 2.03. The summed E-state index contributed by atoms with van der Waals surface area (Å²) in [5, 5.41) is 3.08. The van der Waals surface area contributed by atoms with Gasteiger partial charge in [0.2, 0.25) is 0 Å². The zero-order valence-corrected chi connectivity index (χ0v) is 8.68. The summed E-state index contributed by atoms with van der Waals surface area (Å²) in [6.45, 7) is 14.4. The third kappa shape index (κ3) is 14.2. The third-order valence-electron chi connectivity index (χ3n) is 1.33. The molecule has 0 aromatic rings. The minimum Gasteiger partial charge on any atom is -0.308 e. The average molecular weight is 187 g/mol. The normalized spacial score (nSPS) is 8.77. The first kappa shape index (κ1) is 18.2. The number of Topliss-reactive ketones (excluding diaryl/α,β-unsaturated/α-hetero) is 1. The van der Waals surface area contributed by atoms with Crippen molar-refractivity contribution in [3.8, 4) is 0 Å².